The van der Waals surface area contributed by atoms with Gasteiger partial charge in [-0.3, -0.25) is 9.59 Å². The third kappa shape index (κ3) is 6.16. The lowest BCUT2D eigenvalue weighted by Crippen LogP contribution is -2.70. The molecule has 1 aromatic carbocycles. The Morgan fingerprint density at radius 1 is 1.08 bits per heavy atom. The Balaban J connectivity index is 1.90. The number of benzene rings is 1. The van der Waals surface area contributed by atoms with Crippen LogP contribution in [0.3, 0.4) is 0 Å². The molecule has 1 saturated heterocycles. The van der Waals surface area contributed by atoms with Crippen LogP contribution in [-0.2, 0) is 14.3 Å². The van der Waals surface area contributed by atoms with Crippen LogP contribution < -0.4 is 10.1 Å². The number of hydrogen-bond acceptors (Lipinski definition) is 8. The molecular weight excluding hydrogens is 472 g/mol. The molecule has 36 heavy (non-hydrogen) atoms. The van der Waals surface area contributed by atoms with Crippen LogP contribution in [0.15, 0.2) is 24.3 Å². The molecule has 11 heteroatoms. The van der Waals surface area contributed by atoms with Crippen molar-refractivity contribution in [2.75, 3.05) is 34.3 Å². The predicted octanol–water partition coefficient (Wildman–Crippen LogP) is -0.441. The molecule has 6 unspecified atom stereocenters. The van der Waals surface area contributed by atoms with Crippen molar-refractivity contribution in [2.24, 2.45) is 0 Å². The summed E-state index contributed by atoms with van der Waals surface area (Å²) in [5.74, 6) is -1.86. The van der Waals surface area contributed by atoms with Crippen molar-refractivity contribution in [3.05, 3.63) is 29.8 Å². The lowest BCUT2D eigenvalue weighted by molar-refractivity contribution is -0.946. The summed E-state index contributed by atoms with van der Waals surface area (Å²) in [5.41, 5.74) is -0.119. The maximum Gasteiger partial charge on any atom is 0.322 e. The van der Waals surface area contributed by atoms with Crippen molar-refractivity contribution in [2.45, 2.75) is 74.3 Å². The summed E-state index contributed by atoms with van der Waals surface area (Å²) in [6, 6.07) is 7.44. The van der Waals surface area contributed by atoms with Crippen molar-refractivity contribution in [1.82, 2.24) is 5.32 Å². The molecule has 1 amide bonds. The molecule has 2 fully saturated rings. The molecule has 6 atom stereocenters. The highest BCUT2D eigenvalue weighted by atomic mass is 16.6. The van der Waals surface area contributed by atoms with E-state index in [1.807, 2.05) is 24.3 Å². The number of hydrogen-bond donors (Lipinski definition) is 6. The number of aliphatic carboxylic acids is 1. The molecular formula is C25H39N2O9+. The Morgan fingerprint density at radius 3 is 2.25 bits per heavy atom. The molecule has 1 heterocycles. The Kier molecular flexibility index (Phi) is 8.97. The third-order valence-corrected chi connectivity index (χ3v) is 7.49. The second kappa shape index (κ2) is 11.4. The second-order valence-corrected chi connectivity index (χ2v) is 10.5. The maximum absolute atomic E-state index is 12.5. The fraction of sp³-hybridized carbons (Fsp3) is 0.680. The van der Waals surface area contributed by atoms with Crippen molar-refractivity contribution in [1.29, 1.82) is 0 Å². The summed E-state index contributed by atoms with van der Waals surface area (Å²) in [6.45, 7) is -0.392. The van der Waals surface area contributed by atoms with Gasteiger partial charge in [-0.05, 0) is 30.5 Å². The third-order valence-electron chi connectivity index (χ3n) is 7.49. The summed E-state index contributed by atoms with van der Waals surface area (Å²) in [7, 11) is 5.09. The monoisotopic (exact) mass is 511 g/mol. The number of carboxylic acids is 1. The lowest BCUT2D eigenvalue weighted by atomic mass is 9.72. The van der Waals surface area contributed by atoms with Gasteiger partial charge in [-0.1, -0.05) is 31.4 Å². The molecule has 1 aliphatic carbocycles. The van der Waals surface area contributed by atoms with Gasteiger partial charge in [0.05, 0.1) is 39.3 Å². The number of aliphatic hydroxyl groups is 4. The van der Waals surface area contributed by atoms with Crippen LogP contribution in [0.2, 0.25) is 0 Å². The molecule has 1 aromatic rings. The van der Waals surface area contributed by atoms with Crippen molar-refractivity contribution < 1.29 is 49.1 Å². The zero-order valence-electron chi connectivity index (χ0n) is 21.0. The van der Waals surface area contributed by atoms with Gasteiger partial charge in [-0.25, -0.2) is 0 Å². The van der Waals surface area contributed by atoms with E-state index in [1.54, 1.807) is 21.2 Å². The number of nitrogens with zero attached hydrogens (tertiary/aromatic N) is 1. The largest absolute Gasteiger partial charge is 0.497 e. The van der Waals surface area contributed by atoms with Crippen molar-refractivity contribution in [3.63, 3.8) is 0 Å². The van der Waals surface area contributed by atoms with Crippen LogP contribution >= 0.6 is 0 Å². The second-order valence-electron chi connectivity index (χ2n) is 10.5. The topological polar surface area (TPSA) is 166 Å². The van der Waals surface area contributed by atoms with Crippen LogP contribution in [-0.4, -0.2) is 112 Å². The van der Waals surface area contributed by atoms with E-state index in [0.29, 0.717) is 18.6 Å². The molecule has 202 valence electrons. The molecule has 0 aromatic heterocycles. The van der Waals surface area contributed by atoms with E-state index in [2.05, 4.69) is 5.32 Å². The minimum atomic E-state index is -1.75. The molecule has 3 rings (SSSR count). The molecule has 6 N–H and O–H groups in total. The zero-order valence-corrected chi connectivity index (χ0v) is 21.0. The van der Waals surface area contributed by atoms with Crippen molar-refractivity contribution in [3.8, 4) is 5.75 Å². The standard InChI is InChI=1S/C25H38N2O9/c1-27(2,24-21(32)19(30)20(31)22(36-24)23(33)26-13-18(28)29)14-17(25(34)11-5-4-6-12-25)15-7-9-16(35-3)10-8-15/h7-10,17,19-22,24,30-32,34H,4-6,11-14H2,1-3H3,(H-,26,28,29,33)/p+1. The SMILES string of the molecule is COc1ccc(C(C[N+](C)(C)C2OC(C(=O)NCC(=O)O)C(O)C(O)C2O)C2(O)CCCCC2)cc1. The Morgan fingerprint density at radius 2 is 1.69 bits per heavy atom. The van der Waals surface area contributed by atoms with E-state index < -0.39 is 54.7 Å². The van der Waals surface area contributed by atoms with E-state index in [0.717, 1.165) is 24.8 Å². The van der Waals surface area contributed by atoms with Crippen LogP contribution in [0.1, 0.15) is 43.6 Å². The van der Waals surface area contributed by atoms with Crippen LogP contribution in [0.5, 0.6) is 5.75 Å². The van der Waals surface area contributed by atoms with E-state index in [9.17, 15) is 30.0 Å². The average molecular weight is 512 g/mol. The van der Waals surface area contributed by atoms with Gasteiger partial charge in [0.1, 0.15) is 24.5 Å². The minimum absolute atomic E-state index is 0.0489. The molecule has 2 aliphatic rings. The number of methoxy groups -OCH3 is 1. The van der Waals surface area contributed by atoms with Crippen LogP contribution in [0, 0.1) is 0 Å². The molecule has 0 radical (unpaired) electrons. The van der Waals surface area contributed by atoms with Crippen LogP contribution in [0.4, 0.5) is 0 Å². The normalized spacial score (nSPS) is 29.2. The van der Waals surface area contributed by atoms with Gasteiger partial charge >= 0.3 is 5.97 Å². The van der Waals surface area contributed by atoms with E-state index >= 15 is 0 Å². The van der Waals surface area contributed by atoms with Crippen LogP contribution in [0.25, 0.3) is 0 Å². The first-order valence-corrected chi connectivity index (χ1v) is 12.3. The van der Waals surface area contributed by atoms with Gasteiger partial charge in [-0.2, -0.15) is 0 Å². The van der Waals surface area contributed by atoms with Gasteiger partial charge in [0.25, 0.3) is 5.91 Å². The molecule has 0 spiro atoms. The minimum Gasteiger partial charge on any atom is -0.497 e. The zero-order chi connectivity index (χ0) is 26.7. The van der Waals surface area contributed by atoms with E-state index in [4.69, 9.17) is 14.6 Å². The number of rotatable bonds is 9. The Bertz CT molecular complexity index is 901. The number of quaternary nitrogens is 1. The van der Waals surface area contributed by atoms with Gasteiger partial charge in [0, 0.05) is 0 Å². The average Bonchev–Trinajstić information content (AvgIpc) is 2.85. The summed E-state index contributed by atoms with van der Waals surface area (Å²) >= 11 is 0. The first kappa shape index (κ1) is 28.3. The Hall–Kier alpha value is -2.28. The van der Waals surface area contributed by atoms with Gasteiger partial charge in [0.2, 0.25) is 6.23 Å². The number of likely N-dealkylation sites (N-methyl/N-ethyl adjacent to an activating group) is 1. The fourth-order valence-corrected chi connectivity index (χ4v) is 5.43. The van der Waals surface area contributed by atoms with Gasteiger partial charge in [0.15, 0.2) is 12.2 Å². The first-order valence-electron chi connectivity index (χ1n) is 12.3. The maximum atomic E-state index is 12.5. The van der Waals surface area contributed by atoms with Gasteiger partial charge < -0.3 is 44.8 Å². The summed E-state index contributed by atoms with van der Waals surface area (Å²) in [5, 5.41) is 54.5. The first-order chi connectivity index (χ1) is 16.9. The quantitative estimate of drug-likeness (QED) is 0.241. The number of carboxylic acid groups (broad SMARTS) is 1. The number of carbonyl (C=O) groups excluding carboxylic acids is 1. The van der Waals surface area contributed by atoms with Gasteiger partial charge in [-0.15, -0.1) is 0 Å². The number of nitrogens with one attached hydrogen (secondary N) is 1. The molecule has 0 bridgehead atoms. The highest BCUT2D eigenvalue weighted by Crippen LogP contribution is 2.42. The number of carbonyl (C=O) groups is 2. The lowest BCUT2D eigenvalue weighted by Gasteiger charge is -2.50. The van der Waals surface area contributed by atoms with E-state index in [1.165, 1.54) is 0 Å². The molecule has 1 aliphatic heterocycles. The summed E-state index contributed by atoms with van der Waals surface area (Å²) in [4.78, 5) is 23.4. The summed E-state index contributed by atoms with van der Waals surface area (Å²) in [6.07, 6.45) is -3.67. The Labute approximate surface area is 210 Å². The highest BCUT2D eigenvalue weighted by Gasteiger charge is 2.54. The number of aliphatic hydroxyl groups excluding tert-OH is 3. The number of amides is 1. The van der Waals surface area contributed by atoms with E-state index in [-0.39, 0.29) is 16.9 Å². The summed E-state index contributed by atoms with van der Waals surface area (Å²) < 4.78 is 11.1. The predicted molar refractivity (Wildman–Crippen MR) is 128 cm³/mol. The molecule has 1 saturated carbocycles. The van der Waals surface area contributed by atoms with Crippen molar-refractivity contribution >= 4 is 11.9 Å². The number of ether oxygens (including phenoxy) is 2. The smallest absolute Gasteiger partial charge is 0.322 e. The molecule has 11 nitrogen and oxygen atoms in total. The fourth-order valence-electron chi connectivity index (χ4n) is 5.43. The highest BCUT2D eigenvalue weighted by molar-refractivity contribution is 5.85.